The number of benzene rings is 1. The Bertz CT molecular complexity index is 642. The lowest BCUT2D eigenvalue weighted by molar-refractivity contribution is 0.568. The van der Waals surface area contributed by atoms with Gasteiger partial charge < -0.3 is 0 Å². The van der Waals surface area contributed by atoms with Crippen LogP contribution in [0, 0.1) is 5.82 Å². The van der Waals surface area contributed by atoms with Gasteiger partial charge in [0.25, 0.3) is 10.0 Å². The highest BCUT2D eigenvalue weighted by molar-refractivity contribution is 9.10. The van der Waals surface area contributed by atoms with E-state index in [0.29, 0.717) is 0 Å². The summed E-state index contributed by atoms with van der Waals surface area (Å²) in [5.74, 6) is -0.819. The molecule has 0 atom stereocenters. The molecule has 1 aromatic heterocycles. The topological polar surface area (TPSA) is 59.1 Å². The minimum absolute atomic E-state index is 0.166. The summed E-state index contributed by atoms with van der Waals surface area (Å²) in [6, 6.07) is 7.07. The second kappa shape index (κ2) is 5.03. The minimum atomic E-state index is -3.99. The van der Waals surface area contributed by atoms with Gasteiger partial charge in [-0.2, -0.15) is 0 Å². The second-order valence-electron chi connectivity index (χ2n) is 3.40. The number of aromatic nitrogens is 1. The molecule has 0 saturated carbocycles. The summed E-state index contributed by atoms with van der Waals surface area (Å²) >= 11 is 3.02. The maximum Gasteiger partial charge on any atom is 0.266 e. The molecule has 1 N–H and O–H groups in total. The number of nitrogens with zero attached hydrogens (tertiary/aromatic N) is 1. The van der Waals surface area contributed by atoms with E-state index in [1.807, 2.05) is 0 Å². The lowest BCUT2D eigenvalue weighted by Gasteiger charge is -2.09. The number of pyridine rings is 1. The Morgan fingerprint density at radius 1 is 1.22 bits per heavy atom. The van der Waals surface area contributed by atoms with Gasteiger partial charge in [0.15, 0.2) is 0 Å². The summed E-state index contributed by atoms with van der Waals surface area (Å²) in [5, 5.41) is 0. The molecule has 0 aliphatic rings. The molecule has 0 spiro atoms. The van der Waals surface area contributed by atoms with Crippen molar-refractivity contribution in [3.63, 3.8) is 0 Å². The first-order valence-electron chi connectivity index (χ1n) is 4.87. The zero-order valence-electron chi connectivity index (χ0n) is 8.97. The highest BCUT2D eigenvalue weighted by atomic mass is 79.9. The van der Waals surface area contributed by atoms with Crippen LogP contribution in [0.3, 0.4) is 0 Å². The van der Waals surface area contributed by atoms with Gasteiger partial charge in [-0.15, -0.1) is 0 Å². The molecule has 0 aliphatic carbocycles. The third kappa shape index (κ3) is 2.68. The van der Waals surface area contributed by atoms with E-state index in [0.717, 1.165) is 6.07 Å². The van der Waals surface area contributed by atoms with Crippen LogP contribution in [-0.2, 0) is 10.0 Å². The number of rotatable bonds is 3. The van der Waals surface area contributed by atoms with Crippen LogP contribution in [0.15, 0.2) is 52.1 Å². The van der Waals surface area contributed by atoms with Gasteiger partial charge in [-0.25, -0.2) is 12.8 Å². The highest BCUT2D eigenvalue weighted by Crippen LogP contribution is 2.26. The molecule has 0 amide bonds. The van der Waals surface area contributed by atoms with Crippen LogP contribution in [-0.4, -0.2) is 13.4 Å². The van der Waals surface area contributed by atoms with E-state index in [9.17, 15) is 12.8 Å². The van der Waals surface area contributed by atoms with Gasteiger partial charge in [0.1, 0.15) is 10.7 Å². The predicted molar refractivity (Wildman–Crippen MR) is 69.1 cm³/mol. The standard InChI is InChI=1S/C11H8BrFN2O2S/c12-9-4-1-5-10(13)11(9)18(16,17)15-8-3-2-6-14-7-8/h1-7,15H. The van der Waals surface area contributed by atoms with Crippen molar-refractivity contribution >= 4 is 31.6 Å². The average molecular weight is 331 g/mol. The molecule has 0 aliphatic heterocycles. The minimum Gasteiger partial charge on any atom is -0.278 e. The first kappa shape index (κ1) is 13.0. The maximum atomic E-state index is 13.6. The molecule has 1 aromatic carbocycles. The Kier molecular flexibility index (Phi) is 3.63. The summed E-state index contributed by atoms with van der Waals surface area (Å²) in [7, 11) is -3.99. The predicted octanol–water partition coefficient (Wildman–Crippen LogP) is 2.78. The Hall–Kier alpha value is -1.47. The Morgan fingerprint density at radius 3 is 2.61 bits per heavy atom. The largest absolute Gasteiger partial charge is 0.278 e. The van der Waals surface area contributed by atoms with Crippen LogP contribution in [0.1, 0.15) is 0 Å². The number of sulfonamides is 1. The van der Waals surface area contributed by atoms with Crippen LogP contribution in [0.2, 0.25) is 0 Å². The molecular weight excluding hydrogens is 323 g/mol. The molecule has 0 unspecified atom stereocenters. The fourth-order valence-corrected chi connectivity index (χ4v) is 3.53. The summed E-state index contributed by atoms with van der Waals surface area (Å²) in [4.78, 5) is 3.35. The van der Waals surface area contributed by atoms with Crippen molar-refractivity contribution in [3.8, 4) is 0 Å². The molecule has 1 heterocycles. The number of halogens is 2. The zero-order chi connectivity index (χ0) is 13.2. The van der Waals surface area contributed by atoms with Crippen LogP contribution in [0.25, 0.3) is 0 Å². The Labute approximate surface area is 112 Å². The fraction of sp³-hybridized carbons (Fsp3) is 0. The molecular formula is C11H8BrFN2O2S. The van der Waals surface area contributed by atoms with Crippen LogP contribution < -0.4 is 4.72 Å². The number of hydrogen-bond donors (Lipinski definition) is 1. The molecule has 0 fully saturated rings. The summed E-state index contributed by atoms with van der Waals surface area (Å²) in [6.45, 7) is 0. The third-order valence-corrected chi connectivity index (χ3v) is 4.48. The molecule has 18 heavy (non-hydrogen) atoms. The average Bonchev–Trinajstić information content (AvgIpc) is 2.28. The van der Waals surface area contributed by atoms with E-state index in [1.165, 1.54) is 30.6 Å². The van der Waals surface area contributed by atoms with E-state index in [1.54, 1.807) is 6.07 Å². The summed E-state index contributed by atoms with van der Waals surface area (Å²) in [6.07, 6.45) is 2.85. The molecule has 2 rings (SSSR count). The SMILES string of the molecule is O=S(=O)(Nc1cccnc1)c1c(F)cccc1Br. The van der Waals surface area contributed by atoms with E-state index < -0.39 is 20.7 Å². The van der Waals surface area contributed by atoms with E-state index >= 15 is 0 Å². The molecule has 0 saturated heterocycles. The lowest BCUT2D eigenvalue weighted by Crippen LogP contribution is -2.15. The molecule has 0 radical (unpaired) electrons. The zero-order valence-corrected chi connectivity index (χ0v) is 11.4. The van der Waals surface area contributed by atoms with Gasteiger partial charge >= 0.3 is 0 Å². The summed E-state index contributed by atoms with van der Waals surface area (Å²) < 4.78 is 40.1. The molecule has 2 aromatic rings. The van der Waals surface area contributed by atoms with Crippen LogP contribution in [0.4, 0.5) is 10.1 Å². The lowest BCUT2D eigenvalue weighted by atomic mass is 10.3. The first-order valence-corrected chi connectivity index (χ1v) is 7.15. The number of nitrogens with one attached hydrogen (secondary N) is 1. The third-order valence-electron chi connectivity index (χ3n) is 2.10. The van der Waals surface area contributed by atoms with Gasteiger partial charge in [-0.3, -0.25) is 9.71 Å². The Balaban J connectivity index is 2.44. The van der Waals surface area contributed by atoms with Crippen molar-refractivity contribution in [2.45, 2.75) is 4.90 Å². The van der Waals surface area contributed by atoms with E-state index in [4.69, 9.17) is 0 Å². The van der Waals surface area contributed by atoms with Crippen molar-refractivity contribution < 1.29 is 12.8 Å². The second-order valence-corrected chi connectivity index (χ2v) is 5.87. The van der Waals surface area contributed by atoms with Gasteiger partial charge in [0, 0.05) is 10.7 Å². The quantitative estimate of drug-likeness (QED) is 0.941. The van der Waals surface area contributed by atoms with Crippen molar-refractivity contribution in [1.82, 2.24) is 4.98 Å². The molecule has 7 heteroatoms. The smallest absolute Gasteiger partial charge is 0.266 e. The van der Waals surface area contributed by atoms with Crippen LogP contribution in [0.5, 0.6) is 0 Å². The van der Waals surface area contributed by atoms with E-state index in [2.05, 4.69) is 25.6 Å². The van der Waals surface area contributed by atoms with Crippen molar-refractivity contribution in [1.29, 1.82) is 0 Å². The van der Waals surface area contributed by atoms with Gasteiger partial charge in [-0.1, -0.05) is 6.07 Å². The number of hydrogen-bond acceptors (Lipinski definition) is 3. The number of anilines is 1. The van der Waals surface area contributed by atoms with Gasteiger partial charge in [0.05, 0.1) is 11.9 Å². The summed E-state index contributed by atoms with van der Waals surface area (Å²) in [5.41, 5.74) is 0.271. The van der Waals surface area contributed by atoms with E-state index in [-0.39, 0.29) is 10.2 Å². The Morgan fingerprint density at radius 2 is 2.00 bits per heavy atom. The van der Waals surface area contributed by atoms with Crippen molar-refractivity contribution in [3.05, 3.63) is 53.0 Å². The van der Waals surface area contributed by atoms with Gasteiger partial charge in [-0.05, 0) is 40.2 Å². The van der Waals surface area contributed by atoms with Crippen LogP contribution >= 0.6 is 15.9 Å². The maximum absolute atomic E-state index is 13.6. The molecule has 94 valence electrons. The normalized spacial score (nSPS) is 11.2. The monoisotopic (exact) mass is 330 g/mol. The first-order chi connectivity index (χ1) is 8.50. The fourth-order valence-electron chi connectivity index (χ4n) is 1.37. The van der Waals surface area contributed by atoms with Gasteiger partial charge in [0.2, 0.25) is 0 Å². The van der Waals surface area contributed by atoms with Crippen molar-refractivity contribution in [2.75, 3.05) is 4.72 Å². The molecule has 4 nitrogen and oxygen atoms in total. The van der Waals surface area contributed by atoms with Crippen molar-refractivity contribution in [2.24, 2.45) is 0 Å². The highest BCUT2D eigenvalue weighted by Gasteiger charge is 2.22. The molecule has 0 bridgehead atoms.